The molecule has 2 aromatic carbocycles. The Morgan fingerprint density at radius 2 is 1.89 bits per heavy atom. The predicted molar refractivity (Wildman–Crippen MR) is 151 cm³/mol. The van der Waals surface area contributed by atoms with E-state index in [1.807, 2.05) is 31.2 Å². The molecule has 1 atom stereocenters. The number of nitrogens with zero attached hydrogens (tertiary/aromatic N) is 1. The van der Waals surface area contributed by atoms with Crippen LogP contribution in [0.5, 0.6) is 0 Å². The lowest BCUT2D eigenvalue weighted by molar-refractivity contribution is 0.0952. The van der Waals surface area contributed by atoms with E-state index in [0.717, 1.165) is 30.4 Å². The van der Waals surface area contributed by atoms with E-state index >= 15 is 0 Å². The fourth-order valence-corrected chi connectivity index (χ4v) is 4.19. The highest BCUT2D eigenvalue weighted by atomic mass is 16.6. The van der Waals surface area contributed by atoms with Gasteiger partial charge in [-0.05, 0) is 61.7 Å². The van der Waals surface area contributed by atoms with Crippen LogP contribution in [0.25, 0.3) is 0 Å². The largest absolute Gasteiger partial charge is 0.447 e. The molecule has 0 radical (unpaired) electrons. The zero-order valence-electron chi connectivity index (χ0n) is 22.2. The second kappa shape index (κ2) is 14.6. The van der Waals surface area contributed by atoms with E-state index in [-0.39, 0.29) is 23.9 Å². The normalized spacial score (nSPS) is 15.4. The van der Waals surface area contributed by atoms with Gasteiger partial charge in [-0.15, -0.1) is 0 Å². The first-order valence-corrected chi connectivity index (χ1v) is 13.1. The summed E-state index contributed by atoms with van der Waals surface area (Å²) in [7, 11) is 0. The van der Waals surface area contributed by atoms with Crippen molar-refractivity contribution >= 4 is 23.6 Å². The van der Waals surface area contributed by atoms with Crippen molar-refractivity contribution in [1.29, 1.82) is 0 Å². The molecule has 3 amide bonds. The standard InChI is InChI=1S/C31H37N3O4/c1-4-7-9-18-32-29(35)25-14-16-27(17-15-25)33-30(36)26-13-10-12-24(19-26)21-34-28(22-38-31(34)37)20-23(6-3)11-8-5-2/h5-6,8,10-17,19,28H,2,4,7,9,18,20-22H2,1,3H3,(H,32,35)(H,33,36). The minimum atomic E-state index is -0.359. The number of carbonyl (C=O) groups is 3. The van der Waals surface area contributed by atoms with Gasteiger partial charge in [0.2, 0.25) is 0 Å². The molecule has 2 N–H and O–H groups in total. The van der Waals surface area contributed by atoms with Crippen molar-refractivity contribution in [3.63, 3.8) is 0 Å². The second-order valence-corrected chi connectivity index (χ2v) is 9.22. The van der Waals surface area contributed by atoms with Gasteiger partial charge in [0.15, 0.2) is 0 Å². The lowest BCUT2D eigenvalue weighted by Crippen LogP contribution is -2.33. The second-order valence-electron chi connectivity index (χ2n) is 9.22. The number of hydrogen-bond acceptors (Lipinski definition) is 4. The number of allylic oxidation sites excluding steroid dienone is 4. The Morgan fingerprint density at radius 1 is 1.11 bits per heavy atom. The molecule has 0 aliphatic carbocycles. The molecule has 7 heteroatoms. The minimum absolute atomic E-state index is 0.0944. The van der Waals surface area contributed by atoms with Crippen LogP contribution >= 0.6 is 0 Å². The molecule has 1 fully saturated rings. The summed E-state index contributed by atoms with van der Waals surface area (Å²) in [6.45, 7) is 9.11. The lowest BCUT2D eigenvalue weighted by Gasteiger charge is -2.22. The van der Waals surface area contributed by atoms with E-state index in [0.29, 0.717) is 42.9 Å². The number of ether oxygens (including phenoxy) is 1. The third kappa shape index (κ3) is 8.20. The van der Waals surface area contributed by atoms with Crippen molar-refractivity contribution in [2.24, 2.45) is 0 Å². The van der Waals surface area contributed by atoms with Crippen LogP contribution in [0.2, 0.25) is 0 Å². The molecular weight excluding hydrogens is 478 g/mol. The Kier molecular flexibility index (Phi) is 10.9. The zero-order chi connectivity index (χ0) is 27.3. The quantitative estimate of drug-likeness (QED) is 0.244. The fourth-order valence-electron chi connectivity index (χ4n) is 4.19. The number of cyclic esters (lactones) is 1. The van der Waals surface area contributed by atoms with Crippen LogP contribution in [0.3, 0.4) is 0 Å². The molecule has 38 heavy (non-hydrogen) atoms. The number of carbonyl (C=O) groups excluding carboxylic acids is 3. The molecule has 0 bridgehead atoms. The van der Waals surface area contributed by atoms with Crippen molar-refractivity contribution < 1.29 is 19.1 Å². The van der Waals surface area contributed by atoms with Crippen LogP contribution in [0, 0.1) is 0 Å². The smallest absolute Gasteiger partial charge is 0.410 e. The molecule has 1 aliphatic rings. The number of benzene rings is 2. The first-order valence-electron chi connectivity index (χ1n) is 13.1. The molecule has 1 saturated heterocycles. The number of unbranched alkanes of at least 4 members (excludes halogenated alkanes) is 2. The number of rotatable bonds is 13. The summed E-state index contributed by atoms with van der Waals surface area (Å²) in [6, 6.07) is 13.9. The molecular formula is C31H37N3O4. The Bertz CT molecular complexity index is 1180. The van der Waals surface area contributed by atoms with Gasteiger partial charge >= 0.3 is 6.09 Å². The summed E-state index contributed by atoms with van der Waals surface area (Å²) in [5.74, 6) is -0.390. The van der Waals surface area contributed by atoms with Crippen molar-refractivity contribution in [1.82, 2.24) is 10.2 Å². The third-order valence-corrected chi connectivity index (χ3v) is 6.38. The number of anilines is 1. The first-order chi connectivity index (χ1) is 18.4. The van der Waals surface area contributed by atoms with Gasteiger partial charge in [-0.1, -0.05) is 68.4 Å². The topological polar surface area (TPSA) is 87.7 Å². The van der Waals surface area contributed by atoms with Gasteiger partial charge in [0.05, 0.1) is 6.04 Å². The Balaban J connectivity index is 1.61. The molecule has 1 heterocycles. The molecule has 2 aromatic rings. The summed E-state index contributed by atoms with van der Waals surface area (Å²) in [6.07, 6.45) is 11.0. The molecule has 1 unspecified atom stereocenters. The van der Waals surface area contributed by atoms with Crippen molar-refractivity contribution in [3.8, 4) is 0 Å². The van der Waals surface area contributed by atoms with Crippen molar-refractivity contribution in [3.05, 3.63) is 102 Å². The SMILES string of the molecule is C=CC=CC(=CC)CC1COC(=O)N1Cc1cccc(C(=O)Nc2ccc(C(=O)NCCCCC)cc2)c1. The summed E-state index contributed by atoms with van der Waals surface area (Å²) in [5, 5.41) is 5.79. The molecule has 0 saturated carbocycles. The van der Waals surface area contributed by atoms with Crippen molar-refractivity contribution in [2.45, 2.75) is 52.1 Å². The zero-order valence-corrected chi connectivity index (χ0v) is 22.2. The average Bonchev–Trinajstić information content (AvgIpc) is 3.27. The van der Waals surface area contributed by atoms with E-state index in [1.165, 1.54) is 0 Å². The van der Waals surface area contributed by atoms with Gasteiger partial charge in [-0.25, -0.2) is 4.79 Å². The van der Waals surface area contributed by atoms with Crippen LogP contribution in [0.1, 0.15) is 65.8 Å². The maximum absolute atomic E-state index is 12.9. The van der Waals surface area contributed by atoms with Crippen LogP contribution in [0.15, 0.2) is 85.0 Å². The summed E-state index contributed by atoms with van der Waals surface area (Å²) < 4.78 is 5.32. The van der Waals surface area contributed by atoms with E-state index in [2.05, 4.69) is 24.1 Å². The van der Waals surface area contributed by atoms with Crippen molar-refractivity contribution in [2.75, 3.05) is 18.5 Å². The minimum Gasteiger partial charge on any atom is -0.447 e. The summed E-state index contributed by atoms with van der Waals surface area (Å²) in [4.78, 5) is 39.3. The van der Waals surface area contributed by atoms with E-state index in [4.69, 9.17) is 4.74 Å². The highest BCUT2D eigenvalue weighted by molar-refractivity contribution is 6.04. The maximum atomic E-state index is 12.9. The van der Waals surface area contributed by atoms with E-state index in [1.54, 1.807) is 53.4 Å². The van der Waals surface area contributed by atoms with Gasteiger partial charge in [-0.2, -0.15) is 0 Å². The number of hydrogen-bond donors (Lipinski definition) is 2. The van der Waals surface area contributed by atoms with Crippen LogP contribution in [0.4, 0.5) is 10.5 Å². The molecule has 7 nitrogen and oxygen atoms in total. The monoisotopic (exact) mass is 515 g/mol. The van der Waals surface area contributed by atoms with Crippen LogP contribution < -0.4 is 10.6 Å². The molecule has 200 valence electrons. The highest BCUT2D eigenvalue weighted by Crippen LogP contribution is 2.23. The highest BCUT2D eigenvalue weighted by Gasteiger charge is 2.33. The first kappa shape index (κ1) is 28.4. The number of amides is 3. The van der Waals surface area contributed by atoms with Gasteiger partial charge < -0.3 is 15.4 Å². The van der Waals surface area contributed by atoms with Gasteiger partial charge in [0.25, 0.3) is 11.8 Å². The van der Waals surface area contributed by atoms with Crippen LogP contribution in [-0.2, 0) is 11.3 Å². The Labute approximate surface area is 225 Å². The van der Waals surface area contributed by atoms with Gasteiger partial charge in [0, 0.05) is 29.9 Å². The fraction of sp³-hybridized carbons (Fsp3) is 0.323. The molecule has 0 spiro atoms. The van der Waals surface area contributed by atoms with E-state index in [9.17, 15) is 14.4 Å². The molecule has 3 rings (SSSR count). The van der Waals surface area contributed by atoms with Gasteiger partial charge in [-0.3, -0.25) is 14.5 Å². The molecule has 0 aromatic heterocycles. The van der Waals surface area contributed by atoms with Crippen LogP contribution in [-0.4, -0.2) is 42.0 Å². The average molecular weight is 516 g/mol. The Hall–Kier alpha value is -4.13. The summed E-state index contributed by atoms with van der Waals surface area (Å²) >= 11 is 0. The Morgan fingerprint density at radius 3 is 2.61 bits per heavy atom. The number of nitrogens with one attached hydrogen (secondary N) is 2. The third-order valence-electron chi connectivity index (χ3n) is 6.38. The molecule has 1 aliphatic heterocycles. The predicted octanol–water partition coefficient (Wildman–Crippen LogP) is 6.26. The maximum Gasteiger partial charge on any atom is 0.410 e. The summed E-state index contributed by atoms with van der Waals surface area (Å²) in [5.41, 5.74) is 3.55. The van der Waals surface area contributed by atoms with Gasteiger partial charge in [0.1, 0.15) is 6.61 Å². The van der Waals surface area contributed by atoms with E-state index < -0.39 is 0 Å². The lowest BCUT2D eigenvalue weighted by atomic mass is 10.0.